The first-order valence-electron chi connectivity index (χ1n) is 10.2. The fourth-order valence-corrected chi connectivity index (χ4v) is 4.79. The quantitative estimate of drug-likeness (QED) is 0.548. The fourth-order valence-electron chi connectivity index (χ4n) is 3.67. The summed E-state index contributed by atoms with van der Waals surface area (Å²) in [5.41, 5.74) is 0.827. The second-order valence-corrected chi connectivity index (χ2v) is 9.28. The summed E-state index contributed by atoms with van der Waals surface area (Å²) in [4.78, 5) is 31.1. The largest absolute Gasteiger partial charge is 0.353 e. The van der Waals surface area contributed by atoms with Crippen molar-refractivity contribution in [3.8, 4) is 0 Å². The summed E-state index contributed by atoms with van der Waals surface area (Å²) in [6, 6.07) is 11.1. The van der Waals surface area contributed by atoms with Crippen LogP contribution in [-0.2, 0) is 9.59 Å². The molecule has 2 aromatic rings. The maximum atomic E-state index is 14.5. The Kier molecular flexibility index (Phi) is 7.18. The number of hydrogen-bond acceptors (Lipinski definition) is 4. The summed E-state index contributed by atoms with van der Waals surface area (Å²) >= 11 is 13.1. The minimum Gasteiger partial charge on any atom is -0.353 e. The highest BCUT2D eigenvalue weighted by atomic mass is 35.5. The van der Waals surface area contributed by atoms with Crippen molar-refractivity contribution in [1.82, 2.24) is 5.32 Å². The Morgan fingerprint density at radius 1 is 1.19 bits per heavy atom. The third-order valence-corrected chi connectivity index (χ3v) is 6.90. The maximum absolute atomic E-state index is 14.5. The first-order chi connectivity index (χ1) is 15.4. The van der Waals surface area contributed by atoms with Crippen molar-refractivity contribution in [1.29, 1.82) is 0 Å². The normalized spacial score (nSPS) is 17.8. The number of amides is 2. The molecule has 0 aromatic heterocycles. The van der Waals surface area contributed by atoms with Gasteiger partial charge in [0.2, 0.25) is 5.91 Å². The van der Waals surface area contributed by atoms with Crippen molar-refractivity contribution in [2.75, 3.05) is 10.7 Å². The van der Waals surface area contributed by atoms with Crippen LogP contribution in [0.15, 0.2) is 53.2 Å². The van der Waals surface area contributed by atoms with Crippen molar-refractivity contribution >= 4 is 63.7 Å². The predicted octanol–water partition coefficient (Wildman–Crippen LogP) is 5.67. The van der Waals surface area contributed by atoms with Crippen molar-refractivity contribution in [2.45, 2.75) is 31.7 Å². The van der Waals surface area contributed by atoms with Gasteiger partial charge >= 0.3 is 0 Å². The number of thioether (sulfide) groups is 1. The zero-order chi connectivity index (χ0) is 22.7. The van der Waals surface area contributed by atoms with Gasteiger partial charge in [0, 0.05) is 6.04 Å². The second-order valence-electron chi connectivity index (χ2n) is 7.53. The Morgan fingerprint density at radius 2 is 1.94 bits per heavy atom. The molecule has 2 amide bonds. The lowest BCUT2D eigenvalue weighted by atomic mass is 10.2. The first-order valence-corrected chi connectivity index (χ1v) is 11.9. The molecular weight excluding hydrogens is 472 g/mol. The summed E-state index contributed by atoms with van der Waals surface area (Å²) < 4.78 is 14.5. The van der Waals surface area contributed by atoms with Crippen LogP contribution in [0.4, 0.5) is 10.1 Å². The molecule has 0 radical (unpaired) electrons. The van der Waals surface area contributed by atoms with Gasteiger partial charge in [0.15, 0.2) is 5.17 Å². The van der Waals surface area contributed by atoms with Gasteiger partial charge < -0.3 is 5.32 Å². The van der Waals surface area contributed by atoms with Crippen molar-refractivity contribution < 1.29 is 14.0 Å². The Hall–Kier alpha value is -2.35. The SMILES string of the molecule is O=C(CSC1=N/C(=C/c2ccc(Cl)c(Cl)c2)C(=O)N1c1ccccc1F)NC1CCCC1. The molecule has 32 heavy (non-hydrogen) atoms. The molecule has 2 aromatic carbocycles. The Bertz CT molecular complexity index is 1120. The van der Waals surface area contributed by atoms with Crippen molar-refractivity contribution in [3.63, 3.8) is 0 Å². The summed E-state index contributed by atoms with van der Waals surface area (Å²) in [6.45, 7) is 0. The van der Waals surface area contributed by atoms with Gasteiger partial charge in [-0.2, -0.15) is 0 Å². The molecule has 5 nitrogen and oxygen atoms in total. The van der Waals surface area contributed by atoms with Crippen LogP contribution in [0.1, 0.15) is 31.2 Å². The number of para-hydroxylation sites is 1. The van der Waals surface area contributed by atoms with Crippen LogP contribution in [0.5, 0.6) is 0 Å². The van der Waals surface area contributed by atoms with E-state index in [9.17, 15) is 14.0 Å². The molecule has 1 fully saturated rings. The highest BCUT2D eigenvalue weighted by Gasteiger charge is 2.34. The van der Waals surface area contributed by atoms with Gasteiger partial charge in [-0.1, -0.05) is 66.0 Å². The van der Waals surface area contributed by atoms with E-state index in [1.807, 2.05) is 0 Å². The van der Waals surface area contributed by atoms with Gasteiger partial charge in [-0.3, -0.25) is 14.5 Å². The lowest BCUT2D eigenvalue weighted by molar-refractivity contribution is -0.119. The van der Waals surface area contributed by atoms with Crippen LogP contribution in [0.3, 0.4) is 0 Å². The van der Waals surface area contributed by atoms with E-state index in [0.29, 0.717) is 15.6 Å². The molecule has 1 aliphatic carbocycles. The highest BCUT2D eigenvalue weighted by Crippen LogP contribution is 2.32. The zero-order valence-corrected chi connectivity index (χ0v) is 19.3. The molecule has 9 heteroatoms. The van der Waals surface area contributed by atoms with Crippen LogP contribution in [-0.4, -0.2) is 28.8 Å². The summed E-state index contributed by atoms with van der Waals surface area (Å²) in [5.74, 6) is -1.10. The van der Waals surface area contributed by atoms with Crippen molar-refractivity contribution in [2.24, 2.45) is 4.99 Å². The van der Waals surface area contributed by atoms with Crippen LogP contribution < -0.4 is 10.2 Å². The molecule has 0 atom stereocenters. The van der Waals surface area contributed by atoms with Crippen LogP contribution in [0.2, 0.25) is 10.0 Å². The number of carbonyl (C=O) groups excluding carboxylic acids is 2. The van der Waals surface area contributed by atoms with Gasteiger partial charge in [0.25, 0.3) is 5.91 Å². The lowest BCUT2D eigenvalue weighted by Gasteiger charge is -2.18. The topological polar surface area (TPSA) is 61.8 Å². The Morgan fingerprint density at radius 3 is 2.66 bits per heavy atom. The van der Waals surface area contributed by atoms with E-state index in [1.165, 1.54) is 17.0 Å². The molecule has 0 spiro atoms. The summed E-state index contributed by atoms with van der Waals surface area (Å²) in [6.07, 6.45) is 5.75. The molecule has 4 rings (SSSR count). The minimum absolute atomic E-state index is 0.0770. The van der Waals surface area contributed by atoms with Gasteiger partial charge in [0.05, 0.1) is 21.5 Å². The molecule has 2 aliphatic rings. The van der Waals surface area contributed by atoms with E-state index in [4.69, 9.17) is 23.2 Å². The monoisotopic (exact) mass is 491 g/mol. The molecule has 0 saturated heterocycles. The number of nitrogens with one attached hydrogen (secondary N) is 1. The number of hydrogen-bond donors (Lipinski definition) is 1. The molecule has 1 heterocycles. The smallest absolute Gasteiger partial charge is 0.283 e. The minimum atomic E-state index is -0.555. The zero-order valence-electron chi connectivity index (χ0n) is 17.0. The maximum Gasteiger partial charge on any atom is 0.283 e. The summed E-state index contributed by atoms with van der Waals surface area (Å²) in [7, 11) is 0. The fraction of sp³-hybridized carbons (Fsp3) is 0.261. The molecule has 0 bridgehead atoms. The third kappa shape index (κ3) is 5.17. The molecule has 1 aliphatic heterocycles. The average Bonchev–Trinajstić information content (AvgIpc) is 3.38. The predicted molar refractivity (Wildman–Crippen MR) is 129 cm³/mol. The highest BCUT2D eigenvalue weighted by molar-refractivity contribution is 8.14. The van der Waals surface area contributed by atoms with E-state index in [0.717, 1.165) is 37.4 Å². The standard InChI is InChI=1S/C23H20Cl2FN3O2S/c24-16-10-9-14(11-17(16)25)12-19-22(31)29(20-8-4-3-7-18(20)26)23(28-19)32-13-21(30)27-15-5-1-2-6-15/h3-4,7-12,15H,1-2,5-6,13H2,(H,27,30)/b19-12+. The van der Waals surface area contributed by atoms with E-state index in [2.05, 4.69) is 10.3 Å². The molecule has 1 saturated carbocycles. The number of benzene rings is 2. The molecule has 1 N–H and O–H groups in total. The van der Waals surface area contributed by atoms with Crippen LogP contribution in [0.25, 0.3) is 6.08 Å². The average molecular weight is 492 g/mol. The number of rotatable bonds is 5. The van der Waals surface area contributed by atoms with E-state index in [1.54, 1.807) is 36.4 Å². The number of nitrogens with zero attached hydrogens (tertiary/aromatic N) is 2. The molecular formula is C23H20Cl2FN3O2S. The van der Waals surface area contributed by atoms with E-state index < -0.39 is 11.7 Å². The van der Waals surface area contributed by atoms with Crippen LogP contribution in [0, 0.1) is 5.82 Å². The number of anilines is 1. The van der Waals surface area contributed by atoms with Gasteiger partial charge in [-0.25, -0.2) is 9.38 Å². The van der Waals surface area contributed by atoms with Gasteiger partial charge in [0.1, 0.15) is 11.5 Å². The Balaban J connectivity index is 1.59. The van der Waals surface area contributed by atoms with Crippen LogP contribution >= 0.6 is 35.0 Å². The van der Waals surface area contributed by atoms with Crippen molar-refractivity contribution in [3.05, 3.63) is 69.6 Å². The van der Waals surface area contributed by atoms with E-state index in [-0.39, 0.29) is 34.3 Å². The number of halogens is 3. The number of aliphatic imine (C=N–C) groups is 1. The second kappa shape index (κ2) is 10.1. The summed E-state index contributed by atoms with van der Waals surface area (Å²) in [5, 5.41) is 3.99. The van der Waals surface area contributed by atoms with Gasteiger partial charge in [-0.05, 0) is 48.7 Å². The molecule has 0 unspecified atom stereocenters. The molecule has 166 valence electrons. The van der Waals surface area contributed by atoms with E-state index >= 15 is 0 Å². The Labute approximate surface area is 199 Å². The van der Waals surface area contributed by atoms with Gasteiger partial charge in [-0.15, -0.1) is 0 Å². The lowest BCUT2D eigenvalue weighted by Crippen LogP contribution is -2.36. The number of amidine groups is 1. The number of carbonyl (C=O) groups is 2. The third-order valence-electron chi connectivity index (χ3n) is 5.22. The first kappa shape index (κ1) is 22.8.